The van der Waals surface area contributed by atoms with Crippen LogP contribution in [0, 0.1) is 0 Å². The van der Waals surface area contributed by atoms with Crippen molar-refractivity contribution in [3.8, 4) is 22.3 Å². The first-order chi connectivity index (χ1) is 25.2. The first-order valence-electron chi connectivity index (χ1n) is 20.6. The summed E-state index contributed by atoms with van der Waals surface area (Å²) < 4.78 is 0.274. The monoisotopic (exact) mass is 915 g/mol. The number of aryl methyl sites for hydroxylation is 2. The van der Waals surface area contributed by atoms with Gasteiger partial charge in [-0.1, -0.05) is 0 Å². The fourth-order valence-electron chi connectivity index (χ4n) is 9.47. The molecule has 0 spiro atoms. The standard InChI is InChI=1S/2C23H27.C2H7Si.2ClH.Hf/c2*1-3-5-10-18-16-20-13-9-15-22(23(20)17-18)21-14-8-7-12-19(21)11-6-4-2;1-3-2;;;/h2*7-9,12-17H,3-6,10-11H2,1-2H3;3H,1-2H3;2*1H;/q;;;;;+2/p-2. The normalized spacial score (nSPS) is 17.4. The quantitative estimate of drug-likeness (QED) is 0.0926. The molecule has 4 aromatic carbocycles. The van der Waals surface area contributed by atoms with Crippen molar-refractivity contribution in [1.29, 1.82) is 0 Å². The molecule has 0 saturated heterocycles. The topological polar surface area (TPSA) is 0 Å². The van der Waals surface area contributed by atoms with E-state index in [0.29, 0.717) is 0 Å². The van der Waals surface area contributed by atoms with Crippen molar-refractivity contribution in [2.45, 2.75) is 125 Å². The van der Waals surface area contributed by atoms with Crippen LogP contribution in [0.2, 0.25) is 13.1 Å². The first kappa shape index (κ1) is 39.7. The van der Waals surface area contributed by atoms with Crippen LogP contribution in [0.4, 0.5) is 0 Å². The molecule has 4 aromatic rings. The van der Waals surface area contributed by atoms with E-state index in [1.807, 2.05) is 0 Å². The van der Waals surface area contributed by atoms with Gasteiger partial charge in [0.15, 0.2) is 0 Å². The summed E-state index contributed by atoms with van der Waals surface area (Å²) in [5, 5.41) is 0. The summed E-state index contributed by atoms with van der Waals surface area (Å²) >= 11 is -5.06. The molecule has 2 atom stereocenters. The van der Waals surface area contributed by atoms with Crippen LogP contribution in [-0.4, -0.2) is 5.98 Å². The second-order valence-corrected chi connectivity index (χ2v) is 75.3. The fraction of sp³-hybridized carbons (Fsp3) is 0.417. The molecule has 52 heavy (non-hydrogen) atoms. The number of rotatable bonds is 17. The van der Waals surface area contributed by atoms with E-state index in [4.69, 9.17) is 17.2 Å². The van der Waals surface area contributed by atoms with Gasteiger partial charge in [-0.2, -0.15) is 0 Å². The minimum atomic E-state index is -5.06. The molecule has 2 unspecified atom stereocenters. The van der Waals surface area contributed by atoms with Gasteiger partial charge in [-0.15, -0.1) is 0 Å². The molecule has 4 heteroatoms. The third-order valence-electron chi connectivity index (χ3n) is 12.4. The van der Waals surface area contributed by atoms with Crippen molar-refractivity contribution in [2.24, 2.45) is 0 Å². The summed E-state index contributed by atoms with van der Waals surface area (Å²) in [5.41, 5.74) is 17.0. The Morgan fingerprint density at radius 3 is 1.23 bits per heavy atom. The van der Waals surface area contributed by atoms with E-state index in [9.17, 15) is 0 Å². The Labute approximate surface area is 325 Å². The van der Waals surface area contributed by atoms with Gasteiger partial charge in [0.25, 0.3) is 0 Å². The van der Waals surface area contributed by atoms with Crippen LogP contribution in [0.15, 0.2) is 96.1 Å². The van der Waals surface area contributed by atoms with Crippen LogP contribution in [0.1, 0.15) is 133 Å². The predicted octanol–water partition coefficient (Wildman–Crippen LogP) is 15.6. The Bertz CT molecular complexity index is 1800. The van der Waals surface area contributed by atoms with Crippen molar-refractivity contribution < 1.29 is 15.3 Å². The van der Waals surface area contributed by atoms with Crippen LogP contribution < -0.4 is 0 Å². The van der Waals surface area contributed by atoms with E-state index in [1.54, 1.807) is 0 Å². The van der Waals surface area contributed by atoms with E-state index in [1.165, 1.54) is 92.5 Å². The van der Waals surface area contributed by atoms with Gasteiger partial charge < -0.3 is 0 Å². The van der Waals surface area contributed by atoms with Crippen molar-refractivity contribution in [1.82, 2.24) is 0 Å². The van der Waals surface area contributed by atoms with E-state index < -0.39 is 21.3 Å². The van der Waals surface area contributed by atoms with Gasteiger partial charge in [-0.05, 0) is 0 Å². The van der Waals surface area contributed by atoms with Gasteiger partial charge >= 0.3 is 327 Å². The van der Waals surface area contributed by atoms with Crippen molar-refractivity contribution >= 4 is 35.3 Å². The summed E-state index contributed by atoms with van der Waals surface area (Å²) in [5.74, 6) is -1.65. The van der Waals surface area contributed by atoms with Crippen LogP contribution in [0.5, 0.6) is 0 Å². The molecular weight excluding hydrogens is 854 g/mol. The van der Waals surface area contributed by atoms with Crippen LogP contribution in [0.3, 0.4) is 0 Å². The van der Waals surface area contributed by atoms with E-state index in [0.717, 1.165) is 51.4 Å². The number of unbranched alkanes of at least 4 members (excludes halogenated alkanes) is 4. The van der Waals surface area contributed by atoms with Crippen LogP contribution >= 0.6 is 17.2 Å². The average Bonchev–Trinajstić information content (AvgIpc) is 3.74. The van der Waals surface area contributed by atoms with Crippen LogP contribution in [-0.2, 0) is 28.1 Å². The molecule has 0 aliphatic heterocycles. The maximum absolute atomic E-state index is 8.91. The molecule has 0 bridgehead atoms. The van der Waals surface area contributed by atoms with Gasteiger partial charge in [0.1, 0.15) is 0 Å². The Morgan fingerprint density at radius 1 is 0.481 bits per heavy atom. The predicted molar refractivity (Wildman–Crippen MR) is 232 cm³/mol. The molecule has 2 aliphatic rings. The van der Waals surface area contributed by atoms with Gasteiger partial charge in [0.05, 0.1) is 0 Å². The van der Waals surface area contributed by atoms with Crippen molar-refractivity contribution in [3.63, 3.8) is 0 Å². The molecular formula is C48H61Cl2HfSi. The second-order valence-electron chi connectivity index (χ2n) is 16.0. The van der Waals surface area contributed by atoms with E-state index >= 15 is 0 Å². The molecule has 0 amide bonds. The van der Waals surface area contributed by atoms with Gasteiger partial charge in [0, 0.05) is 0 Å². The van der Waals surface area contributed by atoms with Crippen molar-refractivity contribution in [3.05, 3.63) is 129 Å². The number of hydrogen-bond acceptors (Lipinski definition) is 0. The minimum absolute atomic E-state index is 0.137. The van der Waals surface area contributed by atoms with E-state index in [2.05, 4.69) is 138 Å². The molecule has 0 nitrogen and oxygen atoms in total. The third kappa shape index (κ3) is 7.37. The maximum atomic E-state index is 8.91. The summed E-state index contributed by atoms with van der Waals surface area (Å²) in [6, 6.07) is 32.4. The Hall–Kier alpha value is -1.97. The Morgan fingerprint density at radius 2 is 0.846 bits per heavy atom. The SMILES string of the molecule is CCCCC1=Cc2c(-c3ccccc3CCCC)cccc2[CH]1[Hf]([Cl])([Cl])([CH]1C(CCCC)=Cc2c(-c3ccccc3CCCC)cccc21)[SiH](C)C. The molecule has 0 aromatic heterocycles. The molecule has 275 valence electrons. The molecule has 0 heterocycles. The second kappa shape index (κ2) is 17.2. The number of hydrogen-bond donors (Lipinski definition) is 0. The van der Waals surface area contributed by atoms with Gasteiger partial charge in [0.2, 0.25) is 0 Å². The molecule has 0 fully saturated rings. The fourth-order valence-corrected chi connectivity index (χ4v) is 54.1. The molecule has 2 aliphatic carbocycles. The Balaban J connectivity index is 1.58. The van der Waals surface area contributed by atoms with Crippen molar-refractivity contribution in [2.75, 3.05) is 0 Å². The molecule has 0 radical (unpaired) electrons. The average molecular weight is 915 g/mol. The summed E-state index contributed by atoms with van der Waals surface area (Å²) in [6.45, 7) is 14.2. The van der Waals surface area contributed by atoms with Gasteiger partial charge in [-0.3, -0.25) is 0 Å². The van der Waals surface area contributed by atoms with E-state index in [-0.39, 0.29) is 7.35 Å². The molecule has 6 rings (SSSR count). The zero-order valence-electron chi connectivity index (χ0n) is 32.7. The number of halogens is 2. The summed E-state index contributed by atoms with van der Waals surface area (Å²) in [4.78, 5) is 0. The number of fused-ring (bicyclic) bond motifs is 2. The molecule has 0 N–H and O–H groups in total. The zero-order chi connectivity index (χ0) is 36.9. The Kier molecular flexibility index (Phi) is 13.2. The third-order valence-corrected chi connectivity index (χ3v) is 85.2. The molecule has 0 saturated carbocycles. The first-order valence-corrected chi connectivity index (χ1v) is 42.8. The summed E-state index contributed by atoms with van der Waals surface area (Å²) in [6.07, 6.45) is 19.0. The van der Waals surface area contributed by atoms with Gasteiger partial charge in [-0.25, -0.2) is 0 Å². The summed E-state index contributed by atoms with van der Waals surface area (Å²) in [7, 11) is 17.8. The zero-order valence-corrected chi connectivity index (χ0v) is 39.0. The number of benzene rings is 4. The number of allylic oxidation sites excluding steroid dienone is 2. The van der Waals surface area contributed by atoms with Crippen LogP contribution in [0.25, 0.3) is 34.4 Å².